The number of nitrogens with one attached hydrogen (secondary N) is 2. The number of halogens is 2. The SMILES string of the molecule is Cc1ccc(-c2ocnc2C(=O)NC2CC3CCC(C2)N3)cc1.Cl.Cl. The molecule has 1 aromatic heterocycles. The highest BCUT2D eigenvalue weighted by atomic mass is 35.5. The topological polar surface area (TPSA) is 67.2 Å². The Kier molecular flexibility index (Phi) is 6.49. The Bertz CT molecular complexity index is 705. The van der Waals surface area contributed by atoms with Gasteiger partial charge in [-0.2, -0.15) is 0 Å². The van der Waals surface area contributed by atoms with Gasteiger partial charge in [0.05, 0.1) is 0 Å². The number of rotatable bonds is 3. The number of aryl methyl sites for hydroxylation is 1. The van der Waals surface area contributed by atoms with E-state index in [1.807, 2.05) is 31.2 Å². The largest absolute Gasteiger partial charge is 0.443 e. The average Bonchev–Trinajstić information content (AvgIpc) is 3.15. The van der Waals surface area contributed by atoms with Crippen LogP contribution in [0.15, 0.2) is 35.1 Å². The number of nitrogens with zero attached hydrogens (tertiary/aromatic N) is 1. The average molecular weight is 384 g/mol. The summed E-state index contributed by atoms with van der Waals surface area (Å²) in [6.07, 6.45) is 5.78. The molecule has 1 aromatic carbocycles. The molecule has 2 aromatic rings. The van der Waals surface area contributed by atoms with Crippen LogP contribution < -0.4 is 10.6 Å². The number of amides is 1. The van der Waals surface area contributed by atoms with E-state index in [0.717, 1.165) is 18.4 Å². The predicted molar refractivity (Wildman–Crippen MR) is 102 cm³/mol. The molecule has 2 N–H and O–H groups in total. The lowest BCUT2D eigenvalue weighted by Gasteiger charge is -2.29. The van der Waals surface area contributed by atoms with Crippen molar-refractivity contribution >= 4 is 30.7 Å². The molecule has 2 fully saturated rings. The quantitative estimate of drug-likeness (QED) is 0.850. The number of oxazole rings is 1. The maximum atomic E-state index is 12.6. The third-order valence-electron chi connectivity index (χ3n) is 4.90. The van der Waals surface area contributed by atoms with Gasteiger partial charge in [0.1, 0.15) is 0 Å². The highest BCUT2D eigenvalue weighted by Gasteiger charge is 2.34. The number of fused-ring (bicyclic) bond motifs is 2. The first-order valence-corrected chi connectivity index (χ1v) is 8.26. The van der Waals surface area contributed by atoms with Gasteiger partial charge in [0.25, 0.3) is 5.91 Å². The van der Waals surface area contributed by atoms with Crippen molar-refractivity contribution in [1.29, 1.82) is 0 Å². The first-order valence-electron chi connectivity index (χ1n) is 8.26. The molecule has 1 amide bonds. The molecule has 0 radical (unpaired) electrons. The molecule has 2 unspecified atom stereocenters. The standard InChI is InChI=1S/C18H21N3O2.2ClH/c1-11-2-4-12(5-3-11)17-16(19-10-23-17)18(22)21-15-8-13-6-7-14(9-15)20-13;;/h2-5,10,13-15,20H,6-9H2,1H3,(H,21,22);2*1H. The minimum absolute atomic E-state index is 0. The number of carbonyl (C=O) groups is 1. The molecular weight excluding hydrogens is 361 g/mol. The van der Waals surface area contributed by atoms with E-state index < -0.39 is 0 Å². The Morgan fingerprint density at radius 1 is 1.16 bits per heavy atom. The van der Waals surface area contributed by atoms with Crippen molar-refractivity contribution < 1.29 is 9.21 Å². The second kappa shape index (κ2) is 8.21. The molecule has 2 bridgehead atoms. The normalized spacial score (nSPS) is 24.1. The highest BCUT2D eigenvalue weighted by molar-refractivity contribution is 5.97. The minimum Gasteiger partial charge on any atom is -0.443 e. The molecule has 5 nitrogen and oxygen atoms in total. The maximum Gasteiger partial charge on any atom is 0.274 e. The van der Waals surface area contributed by atoms with E-state index in [1.165, 1.54) is 24.8 Å². The van der Waals surface area contributed by atoms with E-state index in [-0.39, 0.29) is 36.8 Å². The Morgan fingerprint density at radius 2 is 1.80 bits per heavy atom. The first-order chi connectivity index (χ1) is 11.2. The number of piperidine rings is 1. The molecule has 4 rings (SSSR count). The maximum absolute atomic E-state index is 12.6. The zero-order valence-electron chi connectivity index (χ0n) is 14.0. The van der Waals surface area contributed by atoms with Gasteiger partial charge in [-0.3, -0.25) is 4.79 Å². The van der Waals surface area contributed by atoms with E-state index in [9.17, 15) is 4.79 Å². The van der Waals surface area contributed by atoms with Crippen molar-refractivity contribution in [2.45, 2.75) is 50.7 Å². The predicted octanol–water partition coefficient (Wildman–Crippen LogP) is 3.51. The fourth-order valence-electron chi connectivity index (χ4n) is 3.75. The van der Waals surface area contributed by atoms with E-state index in [1.54, 1.807) is 0 Å². The number of hydrogen-bond acceptors (Lipinski definition) is 4. The second-order valence-electron chi connectivity index (χ2n) is 6.68. The van der Waals surface area contributed by atoms with Crippen molar-refractivity contribution in [1.82, 2.24) is 15.6 Å². The van der Waals surface area contributed by atoms with Crippen molar-refractivity contribution in [3.05, 3.63) is 41.9 Å². The van der Waals surface area contributed by atoms with Crippen LogP contribution in [0.4, 0.5) is 0 Å². The van der Waals surface area contributed by atoms with Gasteiger partial charge in [-0.05, 0) is 32.6 Å². The lowest BCUT2D eigenvalue weighted by Crippen LogP contribution is -2.48. The van der Waals surface area contributed by atoms with Crippen molar-refractivity contribution in [3.8, 4) is 11.3 Å². The van der Waals surface area contributed by atoms with Gasteiger partial charge < -0.3 is 15.1 Å². The smallest absolute Gasteiger partial charge is 0.274 e. The summed E-state index contributed by atoms with van der Waals surface area (Å²) in [5.41, 5.74) is 2.42. The van der Waals surface area contributed by atoms with Gasteiger partial charge >= 0.3 is 0 Å². The summed E-state index contributed by atoms with van der Waals surface area (Å²) < 4.78 is 5.47. The van der Waals surface area contributed by atoms with Crippen molar-refractivity contribution in [2.75, 3.05) is 0 Å². The second-order valence-corrected chi connectivity index (χ2v) is 6.68. The minimum atomic E-state index is -0.138. The van der Waals surface area contributed by atoms with Crippen molar-refractivity contribution in [3.63, 3.8) is 0 Å². The molecule has 7 heteroatoms. The third-order valence-corrected chi connectivity index (χ3v) is 4.90. The molecule has 2 saturated heterocycles. The van der Waals surface area contributed by atoms with Crippen LogP contribution in [0, 0.1) is 6.92 Å². The third kappa shape index (κ3) is 4.17. The van der Waals surface area contributed by atoms with Crippen LogP contribution in [0.2, 0.25) is 0 Å². The van der Waals surface area contributed by atoms with Crippen LogP contribution in [0.25, 0.3) is 11.3 Å². The molecule has 2 aliphatic heterocycles. The number of aromatic nitrogens is 1. The van der Waals surface area contributed by atoms with E-state index >= 15 is 0 Å². The molecule has 0 spiro atoms. The van der Waals surface area contributed by atoms with Crippen LogP contribution in [0.1, 0.15) is 41.7 Å². The molecule has 0 aliphatic carbocycles. The lowest BCUT2D eigenvalue weighted by molar-refractivity contribution is 0.0920. The summed E-state index contributed by atoms with van der Waals surface area (Å²) in [6.45, 7) is 2.03. The van der Waals surface area contributed by atoms with Crippen LogP contribution in [-0.4, -0.2) is 29.0 Å². The summed E-state index contributed by atoms with van der Waals surface area (Å²) in [7, 11) is 0. The summed E-state index contributed by atoms with van der Waals surface area (Å²) in [5, 5.41) is 6.73. The van der Waals surface area contributed by atoms with Crippen LogP contribution in [0.5, 0.6) is 0 Å². The zero-order valence-corrected chi connectivity index (χ0v) is 15.7. The summed E-state index contributed by atoms with van der Waals surface area (Å²) in [5.74, 6) is 0.403. The lowest BCUT2D eigenvalue weighted by atomic mass is 9.99. The highest BCUT2D eigenvalue weighted by Crippen LogP contribution is 2.28. The van der Waals surface area contributed by atoms with Crippen LogP contribution >= 0.6 is 24.8 Å². The molecule has 3 heterocycles. The van der Waals surface area contributed by atoms with Crippen LogP contribution in [-0.2, 0) is 0 Å². The van der Waals surface area contributed by atoms with Gasteiger partial charge in [-0.25, -0.2) is 4.98 Å². The molecule has 136 valence electrons. The fourth-order valence-corrected chi connectivity index (χ4v) is 3.75. The Hall–Kier alpha value is -1.56. The molecule has 2 aliphatic rings. The first kappa shape index (κ1) is 19.8. The van der Waals surface area contributed by atoms with E-state index in [4.69, 9.17) is 4.42 Å². The summed E-state index contributed by atoms with van der Waals surface area (Å²) in [6, 6.07) is 9.24. The van der Waals surface area contributed by atoms with Gasteiger partial charge in [-0.15, -0.1) is 24.8 Å². The number of carbonyl (C=O) groups excluding carboxylic acids is 1. The Morgan fingerprint density at radius 3 is 2.44 bits per heavy atom. The Labute approximate surface area is 159 Å². The van der Waals surface area contributed by atoms with Crippen molar-refractivity contribution in [2.24, 2.45) is 0 Å². The summed E-state index contributed by atoms with van der Waals surface area (Å²) >= 11 is 0. The summed E-state index contributed by atoms with van der Waals surface area (Å²) in [4.78, 5) is 16.8. The van der Waals surface area contributed by atoms with E-state index in [2.05, 4.69) is 15.6 Å². The van der Waals surface area contributed by atoms with Gasteiger partial charge in [0.2, 0.25) is 0 Å². The van der Waals surface area contributed by atoms with Gasteiger partial charge in [-0.1, -0.05) is 29.8 Å². The Balaban J connectivity index is 0.00000113. The molecule has 25 heavy (non-hydrogen) atoms. The molecule has 2 atom stereocenters. The monoisotopic (exact) mass is 383 g/mol. The molecular formula is C18H23Cl2N3O2. The molecule has 0 saturated carbocycles. The number of benzene rings is 1. The fraction of sp³-hybridized carbons (Fsp3) is 0.444. The zero-order chi connectivity index (χ0) is 15.8. The van der Waals surface area contributed by atoms with E-state index in [0.29, 0.717) is 23.5 Å². The van der Waals surface area contributed by atoms with Gasteiger partial charge in [0, 0.05) is 23.7 Å². The number of hydrogen-bond donors (Lipinski definition) is 2. The van der Waals surface area contributed by atoms with Gasteiger partial charge in [0.15, 0.2) is 17.8 Å². The van der Waals surface area contributed by atoms with Crippen LogP contribution in [0.3, 0.4) is 0 Å².